The Kier molecular flexibility index (Phi) is 8.38. The van der Waals surface area contributed by atoms with Crippen molar-refractivity contribution in [2.75, 3.05) is 46.9 Å². The third-order valence-corrected chi connectivity index (χ3v) is 5.64. The Hall–Kier alpha value is -0.510. The molecule has 0 aliphatic rings. The topological polar surface area (TPSA) is 70.7 Å². The van der Waals surface area contributed by atoms with Crippen LogP contribution in [0.4, 0.5) is 0 Å². The molecule has 0 saturated carbocycles. The van der Waals surface area contributed by atoms with Crippen LogP contribution in [0, 0.1) is 0 Å². The molecule has 0 aromatic carbocycles. The fourth-order valence-electron chi connectivity index (χ4n) is 1.52. The first kappa shape index (κ1) is 18.5. The van der Waals surface area contributed by atoms with Crippen LogP contribution in [-0.2, 0) is 21.3 Å². The lowest BCUT2D eigenvalue weighted by Crippen LogP contribution is -2.28. The zero-order valence-corrected chi connectivity index (χ0v) is 14.5. The number of hydrogen-bond acceptors (Lipinski definition) is 6. The molecule has 2 N–H and O–H groups in total. The van der Waals surface area contributed by atoms with Crippen molar-refractivity contribution in [3.8, 4) is 0 Å². The first-order chi connectivity index (χ1) is 9.95. The average molecular weight is 335 g/mol. The molecule has 122 valence electrons. The highest BCUT2D eigenvalue weighted by Crippen LogP contribution is 2.19. The van der Waals surface area contributed by atoms with E-state index in [2.05, 4.69) is 10.0 Å². The van der Waals surface area contributed by atoms with Gasteiger partial charge in [-0.1, -0.05) is 6.92 Å². The van der Waals surface area contributed by atoms with E-state index in [1.807, 2.05) is 31.3 Å². The van der Waals surface area contributed by atoms with E-state index in [-0.39, 0.29) is 6.54 Å². The van der Waals surface area contributed by atoms with E-state index >= 15 is 0 Å². The minimum absolute atomic E-state index is 0.288. The SMILES string of the molecule is CCNCc1csc(S(=O)(=O)NCCOCCN(C)C)c1. The monoisotopic (exact) mass is 335 g/mol. The predicted octanol–water partition coefficient (Wildman–Crippen LogP) is 0.714. The number of hydrogen-bond donors (Lipinski definition) is 2. The summed E-state index contributed by atoms with van der Waals surface area (Å²) in [4.78, 5) is 2.02. The van der Waals surface area contributed by atoms with Crippen LogP contribution < -0.4 is 10.0 Å². The summed E-state index contributed by atoms with van der Waals surface area (Å²) in [5.74, 6) is 0. The summed E-state index contributed by atoms with van der Waals surface area (Å²) in [6.07, 6.45) is 0. The molecule has 8 heteroatoms. The van der Waals surface area contributed by atoms with Crippen LogP contribution in [0.2, 0.25) is 0 Å². The van der Waals surface area contributed by atoms with Gasteiger partial charge in [-0.2, -0.15) is 0 Å². The molecule has 0 fully saturated rings. The highest BCUT2D eigenvalue weighted by molar-refractivity contribution is 7.91. The number of thiophene rings is 1. The number of sulfonamides is 1. The van der Waals surface area contributed by atoms with E-state index in [0.717, 1.165) is 18.7 Å². The Morgan fingerprint density at radius 3 is 2.76 bits per heavy atom. The normalized spacial score (nSPS) is 12.2. The Balaban J connectivity index is 2.34. The number of rotatable bonds is 11. The van der Waals surface area contributed by atoms with Gasteiger partial charge in [0.15, 0.2) is 0 Å². The molecule has 21 heavy (non-hydrogen) atoms. The van der Waals surface area contributed by atoms with Crippen molar-refractivity contribution >= 4 is 21.4 Å². The van der Waals surface area contributed by atoms with E-state index in [1.165, 1.54) is 11.3 Å². The van der Waals surface area contributed by atoms with Gasteiger partial charge in [-0.15, -0.1) is 11.3 Å². The van der Waals surface area contributed by atoms with Crippen LogP contribution in [-0.4, -0.2) is 60.3 Å². The van der Waals surface area contributed by atoms with Gasteiger partial charge in [0.05, 0.1) is 13.2 Å². The Bertz CT molecular complexity index is 501. The molecule has 1 aromatic rings. The van der Waals surface area contributed by atoms with E-state index in [9.17, 15) is 8.42 Å². The smallest absolute Gasteiger partial charge is 0.250 e. The molecule has 6 nitrogen and oxygen atoms in total. The van der Waals surface area contributed by atoms with Crippen molar-refractivity contribution < 1.29 is 13.2 Å². The second kappa shape index (κ2) is 9.50. The summed E-state index contributed by atoms with van der Waals surface area (Å²) in [5.41, 5.74) is 0.990. The molecule has 0 aliphatic heterocycles. The quantitative estimate of drug-likeness (QED) is 0.583. The molecule has 0 saturated heterocycles. The molecule has 1 heterocycles. The van der Waals surface area contributed by atoms with Crippen molar-refractivity contribution in [2.45, 2.75) is 17.7 Å². The molecular formula is C13H25N3O3S2. The number of nitrogens with one attached hydrogen (secondary N) is 2. The molecule has 0 atom stereocenters. The van der Waals surface area contributed by atoms with Gasteiger partial charge in [0.2, 0.25) is 10.0 Å². The van der Waals surface area contributed by atoms with E-state index in [0.29, 0.717) is 24.0 Å². The molecule has 1 rings (SSSR count). The summed E-state index contributed by atoms with van der Waals surface area (Å²) in [6, 6.07) is 1.71. The largest absolute Gasteiger partial charge is 0.379 e. The molecule has 0 aliphatic carbocycles. The summed E-state index contributed by atoms with van der Waals surface area (Å²) in [5, 5.41) is 5.04. The van der Waals surface area contributed by atoms with Crippen LogP contribution in [0.1, 0.15) is 12.5 Å². The maximum atomic E-state index is 12.1. The number of nitrogens with zero attached hydrogens (tertiary/aromatic N) is 1. The van der Waals surface area contributed by atoms with E-state index in [4.69, 9.17) is 4.74 Å². The van der Waals surface area contributed by atoms with Crippen molar-refractivity contribution in [2.24, 2.45) is 0 Å². The van der Waals surface area contributed by atoms with Crippen LogP contribution in [0.15, 0.2) is 15.7 Å². The van der Waals surface area contributed by atoms with Crippen molar-refractivity contribution in [3.05, 3.63) is 17.0 Å². The first-order valence-electron chi connectivity index (χ1n) is 6.96. The van der Waals surface area contributed by atoms with Gasteiger partial charge in [0, 0.05) is 19.6 Å². The summed E-state index contributed by atoms with van der Waals surface area (Å²) in [6.45, 7) is 5.66. The fourth-order valence-corrected chi connectivity index (χ4v) is 3.79. The number of ether oxygens (including phenoxy) is 1. The second-order valence-corrected chi connectivity index (χ2v) is 7.77. The molecule has 1 aromatic heterocycles. The van der Waals surface area contributed by atoms with E-state index < -0.39 is 10.0 Å². The van der Waals surface area contributed by atoms with Gasteiger partial charge < -0.3 is 15.0 Å². The zero-order chi connectivity index (χ0) is 15.7. The maximum absolute atomic E-state index is 12.1. The summed E-state index contributed by atoms with van der Waals surface area (Å²) < 4.78 is 32.4. The molecule has 0 amide bonds. The zero-order valence-electron chi connectivity index (χ0n) is 12.9. The minimum Gasteiger partial charge on any atom is -0.379 e. The maximum Gasteiger partial charge on any atom is 0.250 e. The average Bonchev–Trinajstić information content (AvgIpc) is 2.89. The third kappa shape index (κ3) is 7.35. The molecule has 0 unspecified atom stereocenters. The van der Waals surface area contributed by atoms with Gasteiger partial charge in [-0.3, -0.25) is 0 Å². The highest BCUT2D eigenvalue weighted by atomic mass is 32.2. The van der Waals surface area contributed by atoms with Crippen molar-refractivity contribution in [1.29, 1.82) is 0 Å². The molecular weight excluding hydrogens is 310 g/mol. The van der Waals surface area contributed by atoms with Gasteiger partial charge >= 0.3 is 0 Å². The lowest BCUT2D eigenvalue weighted by Gasteiger charge is -2.10. The summed E-state index contributed by atoms with van der Waals surface area (Å²) in [7, 11) is 0.515. The van der Waals surface area contributed by atoms with Gasteiger partial charge in [-0.05, 0) is 37.6 Å². The van der Waals surface area contributed by atoms with Crippen LogP contribution in [0.5, 0.6) is 0 Å². The highest BCUT2D eigenvalue weighted by Gasteiger charge is 2.15. The first-order valence-corrected chi connectivity index (χ1v) is 9.32. The molecule has 0 bridgehead atoms. The van der Waals surface area contributed by atoms with Crippen molar-refractivity contribution in [3.63, 3.8) is 0 Å². The molecule has 0 radical (unpaired) electrons. The van der Waals surface area contributed by atoms with Crippen molar-refractivity contribution in [1.82, 2.24) is 14.9 Å². The predicted molar refractivity (Wildman–Crippen MR) is 86.3 cm³/mol. The van der Waals surface area contributed by atoms with Crippen LogP contribution >= 0.6 is 11.3 Å². The minimum atomic E-state index is -3.42. The van der Waals surface area contributed by atoms with Gasteiger partial charge in [-0.25, -0.2) is 13.1 Å². The fraction of sp³-hybridized carbons (Fsp3) is 0.692. The van der Waals surface area contributed by atoms with Crippen LogP contribution in [0.3, 0.4) is 0 Å². The Morgan fingerprint density at radius 1 is 1.33 bits per heavy atom. The standard InChI is InChI=1S/C13H25N3O3S2/c1-4-14-10-12-9-13(20-11-12)21(17,18)15-5-7-19-8-6-16(2)3/h9,11,14-15H,4-8,10H2,1-3H3. The van der Waals surface area contributed by atoms with E-state index in [1.54, 1.807) is 6.07 Å². The Morgan fingerprint density at radius 2 is 2.10 bits per heavy atom. The second-order valence-electron chi connectivity index (χ2n) is 4.87. The van der Waals surface area contributed by atoms with Gasteiger partial charge in [0.25, 0.3) is 0 Å². The number of likely N-dealkylation sites (N-methyl/N-ethyl adjacent to an activating group) is 1. The molecule has 0 spiro atoms. The lowest BCUT2D eigenvalue weighted by molar-refractivity contribution is 0.122. The third-order valence-electron chi connectivity index (χ3n) is 2.70. The van der Waals surface area contributed by atoms with Crippen LogP contribution in [0.25, 0.3) is 0 Å². The Labute approximate surface area is 131 Å². The summed E-state index contributed by atoms with van der Waals surface area (Å²) >= 11 is 1.24. The lowest BCUT2D eigenvalue weighted by atomic mass is 10.3. The van der Waals surface area contributed by atoms with Gasteiger partial charge in [0.1, 0.15) is 4.21 Å².